The van der Waals surface area contributed by atoms with Crippen molar-refractivity contribution in [2.24, 2.45) is 0 Å². The Kier molecular flexibility index (Phi) is 4.51. The molecule has 0 aliphatic carbocycles. The van der Waals surface area contributed by atoms with Gasteiger partial charge in [-0.1, -0.05) is 18.2 Å². The van der Waals surface area contributed by atoms with Crippen molar-refractivity contribution < 1.29 is 9.59 Å². The van der Waals surface area contributed by atoms with Gasteiger partial charge in [0.1, 0.15) is 0 Å². The third-order valence-electron chi connectivity index (χ3n) is 5.01. The van der Waals surface area contributed by atoms with Gasteiger partial charge < -0.3 is 14.7 Å². The first-order valence-electron chi connectivity index (χ1n) is 8.94. The lowest BCUT2D eigenvalue weighted by molar-refractivity contribution is -0.118. The molecule has 0 radical (unpaired) electrons. The summed E-state index contributed by atoms with van der Waals surface area (Å²) in [6.45, 7) is 3.50. The molecule has 0 atom stereocenters. The highest BCUT2D eigenvalue weighted by Gasteiger charge is 2.25. The minimum Gasteiger partial charge on any atom is -0.352 e. The summed E-state index contributed by atoms with van der Waals surface area (Å²) >= 11 is 0. The molecule has 2 aliphatic heterocycles. The maximum absolute atomic E-state index is 12.9. The van der Waals surface area contributed by atoms with Gasteiger partial charge in [0.2, 0.25) is 6.41 Å². The van der Waals surface area contributed by atoms with Gasteiger partial charge in [0.25, 0.3) is 5.91 Å². The molecule has 2 aromatic rings. The predicted octanol–water partition coefficient (Wildman–Crippen LogP) is 1.35. The molecule has 3 heterocycles. The van der Waals surface area contributed by atoms with E-state index in [4.69, 9.17) is 0 Å². The van der Waals surface area contributed by atoms with Crippen LogP contribution in [0.2, 0.25) is 0 Å². The first kappa shape index (κ1) is 16.5. The number of carbonyl (C=O) groups is 2. The van der Waals surface area contributed by atoms with E-state index >= 15 is 0 Å². The van der Waals surface area contributed by atoms with Crippen LogP contribution >= 0.6 is 0 Å². The Labute approximate surface area is 152 Å². The third-order valence-corrected chi connectivity index (χ3v) is 5.01. The Morgan fingerprint density at radius 2 is 1.77 bits per heavy atom. The number of amides is 2. The van der Waals surface area contributed by atoms with Crippen molar-refractivity contribution in [2.75, 3.05) is 42.5 Å². The van der Waals surface area contributed by atoms with Crippen molar-refractivity contribution in [3.05, 3.63) is 47.7 Å². The predicted molar refractivity (Wildman–Crippen MR) is 98.3 cm³/mol. The van der Waals surface area contributed by atoms with Crippen LogP contribution in [0.3, 0.4) is 0 Å². The van der Waals surface area contributed by atoms with Crippen LogP contribution in [0.15, 0.2) is 36.4 Å². The number of aryl methyl sites for hydroxylation is 1. The molecule has 2 amide bonds. The zero-order chi connectivity index (χ0) is 17.9. The molecule has 0 saturated carbocycles. The molecule has 2 aliphatic rings. The van der Waals surface area contributed by atoms with Crippen molar-refractivity contribution in [3.8, 4) is 0 Å². The van der Waals surface area contributed by atoms with E-state index in [1.54, 1.807) is 15.9 Å². The van der Waals surface area contributed by atoms with Crippen molar-refractivity contribution in [2.45, 2.75) is 12.8 Å². The zero-order valence-electron chi connectivity index (χ0n) is 14.5. The summed E-state index contributed by atoms with van der Waals surface area (Å²) < 4.78 is 0. The monoisotopic (exact) mass is 351 g/mol. The second-order valence-electron chi connectivity index (χ2n) is 6.59. The Balaban J connectivity index is 1.49. The van der Waals surface area contributed by atoms with Crippen LogP contribution in [0.25, 0.3) is 0 Å². The Morgan fingerprint density at radius 3 is 2.50 bits per heavy atom. The van der Waals surface area contributed by atoms with E-state index in [0.717, 1.165) is 43.8 Å². The SMILES string of the molecule is O=CN1CCN(c2ccc(C(=O)N3CCCc4ccccc43)nn2)CC1. The van der Waals surface area contributed by atoms with E-state index in [9.17, 15) is 9.59 Å². The minimum atomic E-state index is -0.109. The van der Waals surface area contributed by atoms with Crippen molar-refractivity contribution in [1.29, 1.82) is 0 Å². The standard InChI is InChI=1S/C19H21N5O2/c25-14-22-10-12-23(13-11-22)18-8-7-16(20-21-18)19(26)24-9-3-5-15-4-1-2-6-17(15)24/h1-2,4,6-8,14H,3,5,9-13H2. The van der Waals surface area contributed by atoms with Gasteiger partial charge in [-0.15, -0.1) is 10.2 Å². The normalized spacial score (nSPS) is 17.0. The van der Waals surface area contributed by atoms with Gasteiger partial charge in [0.05, 0.1) is 0 Å². The van der Waals surface area contributed by atoms with Crippen molar-refractivity contribution >= 4 is 23.8 Å². The van der Waals surface area contributed by atoms with E-state index in [2.05, 4.69) is 21.2 Å². The lowest BCUT2D eigenvalue weighted by Crippen LogP contribution is -2.46. The number of carbonyl (C=O) groups excluding carboxylic acids is 2. The average molecular weight is 351 g/mol. The highest BCUT2D eigenvalue weighted by molar-refractivity contribution is 6.05. The maximum atomic E-state index is 12.9. The fraction of sp³-hybridized carbons (Fsp3) is 0.368. The molecule has 1 aromatic heterocycles. The summed E-state index contributed by atoms with van der Waals surface area (Å²) in [5.41, 5.74) is 2.53. The minimum absolute atomic E-state index is 0.109. The molecular formula is C19H21N5O2. The molecule has 1 saturated heterocycles. The van der Waals surface area contributed by atoms with Crippen molar-refractivity contribution in [1.82, 2.24) is 15.1 Å². The molecule has 7 nitrogen and oxygen atoms in total. The van der Waals surface area contributed by atoms with Gasteiger partial charge in [-0.05, 0) is 36.6 Å². The number of nitrogens with zero attached hydrogens (tertiary/aromatic N) is 5. The Morgan fingerprint density at radius 1 is 0.962 bits per heavy atom. The summed E-state index contributed by atoms with van der Waals surface area (Å²) in [6.07, 6.45) is 2.83. The van der Waals surface area contributed by atoms with E-state index in [1.807, 2.05) is 24.3 Å². The molecule has 1 fully saturated rings. The lowest BCUT2D eigenvalue weighted by Gasteiger charge is -2.33. The number of hydrogen-bond acceptors (Lipinski definition) is 5. The quantitative estimate of drug-likeness (QED) is 0.781. The van der Waals surface area contributed by atoms with E-state index in [1.165, 1.54) is 5.56 Å². The largest absolute Gasteiger partial charge is 0.352 e. The van der Waals surface area contributed by atoms with Crippen LogP contribution in [0, 0.1) is 0 Å². The van der Waals surface area contributed by atoms with Gasteiger partial charge in [-0.3, -0.25) is 9.59 Å². The molecule has 1 aromatic carbocycles. The summed E-state index contributed by atoms with van der Waals surface area (Å²) in [5, 5.41) is 8.42. The van der Waals surface area contributed by atoms with Crippen molar-refractivity contribution in [3.63, 3.8) is 0 Å². The van der Waals surface area contributed by atoms with E-state index in [0.29, 0.717) is 25.3 Å². The van der Waals surface area contributed by atoms with Gasteiger partial charge in [-0.25, -0.2) is 0 Å². The van der Waals surface area contributed by atoms with Crippen LogP contribution in [0.4, 0.5) is 11.5 Å². The number of piperazine rings is 1. The molecular weight excluding hydrogens is 330 g/mol. The van der Waals surface area contributed by atoms with Crippen LogP contribution < -0.4 is 9.80 Å². The first-order chi connectivity index (χ1) is 12.8. The fourth-order valence-corrected chi connectivity index (χ4v) is 3.55. The number of rotatable bonds is 3. The number of fused-ring (bicyclic) bond motifs is 1. The fourth-order valence-electron chi connectivity index (χ4n) is 3.55. The Hall–Kier alpha value is -2.96. The smallest absolute Gasteiger partial charge is 0.278 e. The number of aromatic nitrogens is 2. The van der Waals surface area contributed by atoms with Crippen LogP contribution in [0.5, 0.6) is 0 Å². The molecule has 0 unspecified atom stereocenters. The molecule has 0 N–H and O–H groups in total. The van der Waals surface area contributed by atoms with Crippen LogP contribution in [-0.4, -0.2) is 60.1 Å². The lowest BCUT2D eigenvalue weighted by atomic mass is 10.0. The van der Waals surface area contributed by atoms with Gasteiger partial charge in [0, 0.05) is 38.4 Å². The number of benzene rings is 1. The number of hydrogen-bond donors (Lipinski definition) is 0. The summed E-state index contributed by atoms with van der Waals surface area (Å²) in [6, 6.07) is 11.6. The Bertz CT molecular complexity index is 800. The summed E-state index contributed by atoms with van der Waals surface area (Å²) in [7, 11) is 0. The van der Waals surface area contributed by atoms with Gasteiger partial charge in [0.15, 0.2) is 11.5 Å². The summed E-state index contributed by atoms with van der Waals surface area (Å²) in [4.78, 5) is 29.3. The molecule has 7 heteroatoms. The van der Waals surface area contributed by atoms with Crippen LogP contribution in [0.1, 0.15) is 22.5 Å². The topological polar surface area (TPSA) is 69.6 Å². The molecule has 26 heavy (non-hydrogen) atoms. The highest BCUT2D eigenvalue weighted by atomic mass is 16.2. The van der Waals surface area contributed by atoms with Crippen LogP contribution in [-0.2, 0) is 11.2 Å². The number of anilines is 2. The zero-order valence-corrected chi connectivity index (χ0v) is 14.5. The van der Waals surface area contributed by atoms with E-state index < -0.39 is 0 Å². The van der Waals surface area contributed by atoms with E-state index in [-0.39, 0.29) is 5.91 Å². The second kappa shape index (κ2) is 7.11. The van der Waals surface area contributed by atoms with Gasteiger partial charge in [-0.2, -0.15) is 0 Å². The first-order valence-corrected chi connectivity index (χ1v) is 8.94. The third kappa shape index (κ3) is 3.12. The molecule has 0 spiro atoms. The highest BCUT2D eigenvalue weighted by Crippen LogP contribution is 2.27. The molecule has 0 bridgehead atoms. The maximum Gasteiger partial charge on any atom is 0.278 e. The summed E-state index contributed by atoms with van der Waals surface area (Å²) in [5.74, 6) is 0.633. The number of para-hydroxylation sites is 1. The molecule has 134 valence electrons. The van der Waals surface area contributed by atoms with Gasteiger partial charge >= 0.3 is 0 Å². The second-order valence-corrected chi connectivity index (χ2v) is 6.59. The molecule has 4 rings (SSSR count). The average Bonchev–Trinajstić information content (AvgIpc) is 2.73.